The highest BCUT2D eigenvalue weighted by Crippen LogP contribution is 2.30. The lowest BCUT2D eigenvalue weighted by molar-refractivity contribution is 0.270. The molecule has 0 radical (unpaired) electrons. The molecule has 1 rings (SSSR count). The molecule has 106 valence electrons. The van der Waals surface area contributed by atoms with Crippen LogP contribution in [0.5, 0.6) is 0 Å². The van der Waals surface area contributed by atoms with Gasteiger partial charge in [-0.15, -0.1) is 6.58 Å². The van der Waals surface area contributed by atoms with E-state index in [1.54, 1.807) is 18.2 Å². The lowest BCUT2D eigenvalue weighted by atomic mass is 10.1. The van der Waals surface area contributed by atoms with Gasteiger partial charge < -0.3 is 0 Å². The van der Waals surface area contributed by atoms with E-state index in [-0.39, 0.29) is 16.5 Å². The number of hydrogen-bond donors (Lipinski definition) is 0. The number of halogens is 2. The number of hydrogen-bond acceptors (Lipinski definition) is 2. The van der Waals surface area contributed by atoms with Gasteiger partial charge in [-0.05, 0) is 39.0 Å². The van der Waals surface area contributed by atoms with Crippen LogP contribution in [-0.2, 0) is 10.0 Å². The minimum atomic E-state index is -3.66. The van der Waals surface area contributed by atoms with Crippen LogP contribution in [0, 0.1) is 0 Å². The molecule has 0 aliphatic carbocycles. The second-order valence-corrected chi connectivity index (χ2v) is 8.22. The SMILES string of the molecule is C=CCN(C(C)(C)C)S(=O)(=O)c1ccc(Br)cc1Cl. The Morgan fingerprint density at radius 2 is 2.00 bits per heavy atom. The molecule has 0 heterocycles. The Morgan fingerprint density at radius 3 is 2.42 bits per heavy atom. The van der Waals surface area contributed by atoms with Gasteiger partial charge in [0, 0.05) is 16.6 Å². The zero-order chi connectivity index (χ0) is 14.8. The van der Waals surface area contributed by atoms with Crippen molar-refractivity contribution in [1.82, 2.24) is 4.31 Å². The molecule has 0 spiro atoms. The summed E-state index contributed by atoms with van der Waals surface area (Å²) in [7, 11) is -3.66. The van der Waals surface area contributed by atoms with Gasteiger partial charge in [0.15, 0.2) is 0 Å². The summed E-state index contributed by atoms with van der Waals surface area (Å²) in [5, 5.41) is 0.202. The van der Waals surface area contributed by atoms with Crippen molar-refractivity contribution in [3.63, 3.8) is 0 Å². The lowest BCUT2D eigenvalue weighted by Crippen LogP contribution is -2.45. The summed E-state index contributed by atoms with van der Waals surface area (Å²) < 4.78 is 27.5. The van der Waals surface area contributed by atoms with Gasteiger partial charge in [-0.3, -0.25) is 0 Å². The third kappa shape index (κ3) is 3.81. The minimum Gasteiger partial charge on any atom is -0.207 e. The predicted molar refractivity (Wildman–Crippen MR) is 83.0 cm³/mol. The normalized spacial score (nSPS) is 12.7. The predicted octanol–water partition coefficient (Wildman–Crippen LogP) is 4.08. The van der Waals surface area contributed by atoms with E-state index in [0.29, 0.717) is 0 Å². The molecule has 0 bridgehead atoms. The molecule has 0 fully saturated rings. The van der Waals surface area contributed by atoms with E-state index < -0.39 is 15.6 Å². The molecular formula is C13H17BrClNO2S. The molecular weight excluding hydrogens is 350 g/mol. The molecule has 1 aromatic rings. The third-order valence-electron chi connectivity index (χ3n) is 2.51. The van der Waals surface area contributed by atoms with Gasteiger partial charge in [0.25, 0.3) is 0 Å². The fourth-order valence-corrected chi connectivity index (χ4v) is 4.42. The van der Waals surface area contributed by atoms with Crippen LogP contribution in [0.15, 0.2) is 40.2 Å². The van der Waals surface area contributed by atoms with Gasteiger partial charge in [-0.25, -0.2) is 8.42 Å². The van der Waals surface area contributed by atoms with Crippen LogP contribution in [0.3, 0.4) is 0 Å². The zero-order valence-electron chi connectivity index (χ0n) is 11.2. The van der Waals surface area contributed by atoms with Crippen molar-refractivity contribution in [3.05, 3.63) is 40.3 Å². The average molecular weight is 367 g/mol. The topological polar surface area (TPSA) is 37.4 Å². The van der Waals surface area contributed by atoms with Crippen molar-refractivity contribution in [2.75, 3.05) is 6.54 Å². The summed E-state index contributed by atoms with van der Waals surface area (Å²) in [4.78, 5) is 0.106. The van der Waals surface area contributed by atoms with Crippen molar-refractivity contribution in [2.45, 2.75) is 31.2 Å². The van der Waals surface area contributed by atoms with Gasteiger partial charge in [-0.2, -0.15) is 4.31 Å². The maximum Gasteiger partial charge on any atom is 0.245 e. The van der Waals surface area contributed by atoms with E-state index in [9.17, 15) is 8.42 Å². The molecule has 0 unspecified atom stereocenters. The van der Waals surface area contributed by atoms with E-state index in [2.05, 4.69) is 22.5 Å². The van der Waals surface area contributed by atoms with Gasteiger partial charge in [-0.1, -0.05) is 33.6 Å². The Kier molecular flexibility index (Phi) is 5.23. The molecule has 0 saturated heterocycles. The quantitative estimate of drug-likeness (QED) is 0.753. The van der Waals surface area contributed by atoms with Crippen molar-refractivity contribution >= 4 is 37.6 Å². The van der Waals surface area contributed by atoms with Crippen molar-refractivity contribution in [1.29, 1.82) is 0 Å². The van der Waals surface area contributed by atoms with Gasteiger partial charge in [0.1, 0.15) is 4.90 Å². The molecule has 1 aromatic carbocycles. The van der Waals surface area contributed by atoms with Crippen molar-refractivity contribution < 1.29 is 8.42 Å². The van der Waals surface area contributed by atoms with Gasteiger partial charge in [0.05, 0.1) is 5.02 Å². The molecule has 3 nitrogen and oxygen atoms in total. The summed E-state index contributed by atoms with van der Waals surface area (Å²) >= 11 is 9.31. The fourth-order valence-electron chi connectivity index (χ4n) is 1.65. The van der Waals surface area contributed by atoms with E-state index in [0.717, 1.165) is 4.47 Å². The summed E-state index contributed by atoms with van der Waals surface area (Å²) in [6.45, 7) is 9.35. The second-order valence-electron chi connectivity index (χ2n) is 5.07. The second kappa shape index (κ2) is 5.95. The van der Waals surface area contributed by atoms with E-state index in [4.69, 9.17) is 11.6 Å². The van der Waals surface area contributed by atoms with E-state index in [1.807, 2.05) is 20.8 Å². The highest BCUT2D eigenvalue weighted by atomic mass is 79.9. The Bertz CT molecular complexity index is 579. The average Bonchev–Trinajstić information content (AvgIpc) is 2.23. The summed E-state index contributed by atoms with van der Waals surface area (Å²) in [5.41, 5.74) is -0.552. The van der Waals surface area contributed by atoms with Crippen LogP contribution in [0.2, 0.25) is 5.02 Å². The fraction of sp³-hybridized carbons (Fsp3) is 0.385. The first kappa shape index (κ1) is 16.7. The van der Waals surface area contributed by atoms with Crippen LogP contribution >= 0.6 is 27.5 Å². The standard InChI is InChI=1S/C13H17BrClNO2S/c1-5-8-16(13(2,3)4)19(17,18)12-7-6-10(14)9-11(12)15/h5-7,9H,1,8H2,2-4H3. The Balaban J connectivity index is 3.39. The van der Waals surface area contributed by atoms with Crippen LogP contribution in [-0.4, -0.2) is 24.8 Å². The zero-order valence-corrected chi connectivity index (χ0v) is 14.3. The molecule has 19 heavy (non-hydrogen) atoms. The number of sulfonamides is 1. The smallest absolute Gasteiger partial charge is 0.207 e. The number of benzene rings is 1. The lowest BCUT2D eigenvalue weighted by Gasteiger charge is -2.33. The highest BCUT2D eigenvalue weighted by Gasteiger charge is 2.34. The maximum absolute atomic E-state index is 12.7. The summed E-state index contributed by atoms with van der Waals surface area (Å²) in [5.74, 6) is 0. The van der Waals surface area contributed by atoms with Crippen LogP contribution in [0.1, 0.15) is 20.8 Å². The van der Waals surface area contributed by atoms with Crippen LogP contribution in [0.25, 0.3) is 0 Å². The van der Waals surface area contributed by atoms with Crippen LogP contribution < -0.4 is 0 Å². The maximum atomic E-state index is 12.7. The first-order valence-corrected chi connectivity index (χ1v) is 8.30. The summed E-state index contributed by atoms with van der Waals surface area (Å²) in [6, 6.07) is 4.74. The van der Waals surface area contributed by atoms with E-state index in [1.165, 1.54) is 10.4 Å². The largest absolute Gasteiger partial charge is 0.245 e. The van der Waals surface area contributed by atoms with Gasteiger partial charge in [0.2, 0.25) is 10.0 Å². The Hall–Kier alpha value is -0.360. The molecule has 0 N–H and O–H groups in total. The molecule has 0 atom stereocenters. The molecule has 0 aliphatic rings. The number of nitrogens with zero attached hydrogens (tertiary/aromatic N) is 1. The van der Waals surface area contributed by atoms with E-state index >= 15 is 0 Å². The van der Waals surface area contributed by atoms with Crippen LogP contribution in [0.4, 0.5) is 0 Å². The van der Waals surface area contributed by atoms with Crippen molar-refractivity contribution in [3.8, 4) is 0 Å². The molecule has 0 amide bonds. The first-order chi connectivity index (χ1) is 8.60. The monoisotopic (exact) mass is 365 g/mol. The summed E-state index contributed by atoms with van der Waals surface area (Å²) in [6.07, 6.45) is 1.57. The molecule has 0 aromatic heterocycles. The Morgan fingerprint density at radius 1 is 1.42 bits per heavy atom. The first-order valence-electron chi connectivity index (χ1n) is 5.69. The molecule has 0 aliphatic heterocycles. The van der Waals surface area contributed by atoms with Gasteiger partial charge >= 0.3 is 0 Å². The number of rotatable bonds is 4. The highest BCUT2D eigenvalue weighted by molar-refractivity contribution is 9.10. The van der Waals surface area contributed by atoms with Crippen molar-refractivity contribution in [2.24, 2.45) is 0 Å². The molecule has 6 heteroatoms. The molecule has 0 saturated carbocycles. The third-order valence-corrected chi connectivity index (χ3v) is 5.61. The minimum absolute atomic E-state index is 0.106. The Labute approximate surface area is 128 Å².